The minimum atomic E-state index is -4.39. The summed E-state index contributed by atoms with van der Waals surface area (Å²) in [4.78, 5) is 58.9. The van der Waals surface area contributed by atoms with Crippen LogP contribution < -0.4 is 15.5 Å². The molecule has 2 N–H and O–H groups in total. The lowest BCUT2D eigenvalue weighted by atomic mass is 9.86. The van der Waals surface area contributed by atoms with Crippen molar-refractivity contribution in [2.24, 2.45) is 17.8 Å². The first-order valence-corrected chi connectivity index (χ1v) is 20.2. The van der Waals surface area contributed by atoms with E-state index in [9.17, 15) is 32.3 Å². The summed E-state index contributed by atoms with van der Waals surface area (Å²) < 4.78 is 41.1. The molecule has 0 radical (unpaired) electrons. The predicted octanol–water partition coefficient (Wildman–Crippen LogP) is 6.94. The van der Waals surface area contributed by atoms with E-state index in [2.05, 4.69) is 10.6 Å². The number of piperidine rings is 1. The SMILES string of the molecule is O=C(N[C@H]1CCCCN(c2ccccc2)C1=O)[C@H](CC[C@H](Cc1ccccc1)C(=O)N[C@H]1CCSC2CC[C@@H](C(F)(F)F)CN2C1=O)Cc1ccccc1. The number of nitrogens with zero attached hydrogens (tertiary/aromatic N) is 2. The third-order valence-electron chi connectivity index (χ3n) is 10.9. The number of halogens is 3. The molecule has 0 aromatic heterocycles. The fourth-order valence-electron chi connectivity index (χ4n) is 7.87. The van der Waals surface area contributed by atoms with E-state index >= 15 is 0 Å². The van der Waals surface area contributed by atoms with Gasteiger partial charge in [-0.1, -0.05) is 78.9 Å². The number of amides is 4. The van der Waals surface area contributed by atoms with Gasteiger partial charge in [-0.3, -0.25) is 19.2 Å². The summed E-state index contributed by atoms with van der Waals surface area (Å²) in [6, 6.07) is 27.0. The molecule has 3 aliphatic rings. The van der Waals surface area contributed by atoms with Gasteiger partial charge >= 0.3 is 6.18 Å². The van der Waals surface area contributed by atoms with Crippen LogP contribution in [0.1, 0.15) is 62.5 Å². The summed E-state index contributed by atoms with van der Waals surface area (Å²) in [5.74, 6) is -3.43. The summed E-state index contributed by atoms with van der Waals surface area (Å²) in [5, 5.41) is 5.69. The molecule has 3 aliphatic heterocycles. The zero-order valence-electron chi connectivity index (χ0n) is 30.4. The molecule has 3 saturated heterocycles. The Bertz CT molecular complexity index is 1710. The smallest absolute Gasteiger partial charge is 0.344 e. The van der Waals surface area contributed by atoms with Gasteiger partial charge in [-0.25, -0.2) is 0 Å². The Balaban J connectivity index is 1.18. The highest BCUT2D eigenvalue weighted by atomic mass is 32.2. The van der Waals surface area contributed by atoms with E-state index in [1.54, 1.807) is 4.90 Å². The van der Waals surface area contributed by atoms with Crippen LogP contribution >= 0.6 is 11.8 Å². The number of alkyl halides is 3. The molecule has 3 fully saturated rings. The number of fused-ring (bicyclic) bond motifs is 1. The van der Waals surface area contributed by atoms with Gasteiger partial charge in [0.25, 0.3) is 0 Å². The number of hydrogen-bond acceptors (Lipinski definition) is 5. The van der Waals surface area contributed by atoms with Crippen LogP contribution in [0.15, 0.2) is 91.0 Å². The second kappa shape index (κ2) is 18.3. The number of thioether (sulfide) groups is 1. The molecule has 12 heteroatoms. The Morgan fingerprint density at radius 2 is 1.24 bits per heavy atom. The van der Waals surface area contributed by atoms with E-state index in [-0.39, 0.29) is 35.9 Å². The van der Waals surface area contributed by atoms with Crippen molar-refractivity contribution < 1.29 is 32.3 Å². The number of para-hydroxylation sites is 1. The maximum absolute atomic E-state index is 14.2. The summed E-state index contributed by atoms with van der Waals surface area (Å²) in [5.41, 5.74) is 2.66. The minimum absolute atomic E-state index is 0.0148. The summed E-state index contributed by atoms with van der Waals surface area (Å²) in [7, 11) is 0. The highest BCUT2D eigenvalue weighted by Crippen LogP contribution is 2.40. The number of hydrogen-bond donors (Lipinski definition) is 2. The number of carbonyl (C=O) groups is 4. The Kier molecular flexibility index (Phi) is 13.4. The molecule has 0 saturated carbocycles. The van der Waals surface area contributed by atoms with Gasteiger partial charge < -0.3 is 20.4 Å². The van der Waals surface area contributed by atoms with E-state index in [0.717, 1.165) is 29.7 Å². The highest BCUT2D eigenvalue weighted by Gasteiger charge is 2.47. The fourth-order valence-corrected chi connectivity index (χ4v) is 9.18. The summed E-state index contributed by atoms with van der Waals surface area (Å²) in [6.45, 7) is 0.172. The number of benzene rings is 3. The zero-order chi connectivity index (χ0) is 38.1. The van der Waals surface area contributed by atoms with Crippen LogP contribution in [0.25, 0.3) is 0 Å². The minimum Gasteiger partial charge on any atom is -0.344 e. The van der Waals surface area contributed by atoms with Gasteiger partial charge in [0.2, 0.25) is 23.6 Å². The first-order chi connectivity index (χ1) is 26.1. The molecule has 288 valence electrons. The molecular weight excluding hydrogens is 714 g/mol. The lowest BCUT2D eigenvalue weighted by molar-refractivity contribution is -0.189. The zero-order valence-corrected chi connectivity index (χ0v) is 31.2. The first-order valence-electron chi connectivity index (χ1n) is 19.1. The lowest BCUT2D eigenvalue weighted by Gasteiger charge is -2.39. The third kappa shape index (κ3) is 10.2. The van der Waals surface area contributed by atoms with Crippen molar-refractivity contribution >= 4 is 41.1 Å². The fraction of sp³-hybridized carbons (Fsp3) is 0.476. The Labute approximate surface area is 319 Å². The molecule has 3 heterocycles. The van der Waals surface area contributed by atoms with Crippen molar-refractivity contribution in [3.05, 3.63) is 102 Å². The van der Waals surface area contributed by atoms with Crippen molar-refractivity contribution in [1.29, 1.82) is 0 Å². The number of anilines is 1. The van der Waals surface area contributed by atoms with E-state index in [1.165, 1.54) is 16.7 Å². The van der Waals surface area contributed by atoms with Gasteiger partial charge in [0.15, 0.2) is 0 Å². The van der Waals surface area contributed by atoms with Crippen LogP contribution in [0.2, 0.25) is 0 Å². The van der Waals surface area contributed by atoms with Gasteiger partial charge in [0.1, 0.15) is 12.1 Å². The molecule has 54 heavy (non-hydrogen) atoms. The number of rotatable bonds is 12. The van der Waals surface area contributed by atoms with Crippen LogP contribution in [0, 0.1) is 17.8 Å². The van der Waals surface area contributed by atoms with Crippen LogP contribution in [0.5, 0.6) is 0 Å². The van der Waals surface area contributed by atoms with Crippen molar-refractivity contribution in [3.8, 4) is 0 Å². The highest BCUT2D eigenvalue weighted by molar-refractivity contribution is 7.99. The monoisotopic (exact) mass is 762 g/mol. The standard InChI is InChI=1S/C42H49F3N4O4S/c43-42(44,45)33-21-22-37-49(28-33)41(53)36(23-25-54-37)47-39(51)32(27-30-14-6-2-7-15-30)20-19-31(26-29-12-4-1-5-13-29)38(50)46-35-18-10-11-24-48(40(35)52)34-16-8-3-9-17-34/h1-9,12-17,31-33,35-37H,10-11,18-28H2,(H,46,50)(H,47,51)/t31-,32-,33-,35+,36+,37?/m1/s1. The van der Waals surface area contributed by atoms with Gasteiger partial charge in [-0.15, -0.1) is 11.8 Å². The van der Waals surface area contributed by atoms with Crippen molar-refractivity contribution in [2.45, 2.75) is 87.8 Å². The molecule has 6 rings (SSSR count). The lowest BCUT2D eigenvalue weighted by Crippen LogP contribution is -2.55. The van der Waals surface area contributed by atoms with Gasteiger partial charge in [-0.2, -0.15) is 13.2 Å². The Morgan fingerprint density at radius 3 is 1.80 bits per heavy atom. The molecule has 4 amide bonds. The maximum Gasteiger partial charge on any atom is 0.393 e. The topological polar surface area (TPSA) is 98.8 Å². The molecule has 8 nitrogen and oxygen atoms in total. The molecule has 1 unspecified atom stereocenters. The van der Waals surface area contributed by atoms with Gasteiger partial charge in [0, 0.05) is 30.6 Å². The summed E-state index contributed by atoms with van der Waals surface area (Å²) >= 11 is 1.47. The van der Waals surface area contributed by atoms with E-state index in [4.69, 9.17) is 0 Å². The molecule has 0 aliphatic carbocycles. The molecule has 6 atom stereocenters. The molecular formula is C42H49F3N4O4S. The van der Waals surface area contributed by atoms with Crippen molar-refractivity contribution in [2.75, 3.05) is 23.7 Å². The average molecular weight is 763 g/mol. The second-order valence-corrected chi connectivity index (χ2v) is 16.0. The second-order valence-electron chi connectivity index (χ2n) is 14.7. The van der Waals surface area contributed by atoms with E-state index in [1.807, 2.05) is 91.0 Å². The van der Waals surface area contributed by atoms with Crippen molar-refractivity contribution in [3.63, 3.8) is 0 Å². The molecule has 0 bridgehead atoms. The van der Waals surface area contributed by atoms with Crippen LogP contribution in [0.4, 0.5) is 18.9 Å². The Morgan fingerprint density at radius 1 is 0.704 bits per heavy atom. The summed E-state index contributed by atoms with van der Waals surface area (Å²) in [6.07, 6.45) is -0.262. The van der Waals surface area contributed by atoms with E-state index < -0.39 is 48.5 Å². The normalized spacial score (nSPS) is 23.4. The molecule has 0 spiro atoms. The van der Waals surface area contributed by atoms with Crippen LogP contribution in [0.3, 0.4) is 0 Å². The molecule has 3 aromatic carbocycles. The maximum atomic E-state index is 14.2. The Hall–Kier alpha value is -4.32. The number of carbonyl (C=O) groups excluding carboxylic acids is 4. The first kappa shape index (κ1) is 39.4. The predicted molar refractivity (Wildman–Crippen MR) is 204 cm³/mol. The van der Waals surface area contributed by atoms with Crippen LogP contribution in [-0.2, 0) is 32.0 Å². The molecule has 3 aromatic rings. The quantitative estimate of drug-likeness (QED) is 0.209. The average Bonchev–Trinajstić information content (AvgIpc) is 3.45. The van der Waals surface area contributed by atoms with Gasteiger partial charge in [0.05, 0.1) is 11.3 Å². The van der Waals surface area contributed by atoms with E-state index in [0.29, 0.717) is 50.8 Å². The number of nitrogens with one attached hydrogen (secondary N) is 2. The third-order valence-corrected chi connectivity index (χ3v) is 12.3. The van der Waals surface area contributed by atoms with Gasteiger partial charge in [-0.05, 0) is 93.2 Å². The largest absolute Gasteiger partial charge is 0.393 e. The van der Waals surface area contributed by atoms with Crippen LogP contribution in [-0.4, -0.2) is 71.0 Å². The van der Waals surface area contributed by atoms with Crippen molar-refractivity contribution in [1.82, 2.24) is 15.5 Å².